The predicted octanol–water partition coefficient (Wildman–Crippen LogP) is 5.97. The van der Waals surface area contributed by atoms with Crippen LogP contribution in [-0.4, -0.2) is 85.7 Å². The van der Waals surface area contributed by atoms with Crippen molar-refractivity contribution in [1.29, 1.82) is 0 Å². The van der Waals surface area contributed by atoms with Crippen LogP contribution in [0.1, 0.15) is 51.2 Å². The van der Waals surface area contributed by atoms with Crippen molar-refractivity contribution in [1.82, 2.24) is 9.80 Å². The third-order valence-electron chi connectivity index (χ3n) is 7.77. The second kappa shape index (κ2) is 15.1. The van der Waals surface area contributed by atoms with Crippen LogP contribution in [0, 0.1) is 0 Å². The van der Waals surface area contributed by atoms with Gasteiger partial charge in [0.2, 0.25) is 0 Å². The summed E-state index contributed by atoms with van der Waals surface area (Å²) in [6.45, 7) is 8.16. The number of fused-ring (bicyclic) bond motifs is 1. The van der Waals surface area contributed by atoms with Crippen LogP contribution in [0.4, 0.5) is 4.79 Å². The molecule has 0 radical (unpaired) electrons. The van der Waals surface area contributed by atoms with Crippen molar-refractivity contribution in [2.75, 3.05) is 40.0 Å². The van der Waals surface area contributed by atoms with Gasteiger partial charge in [-0.15, -0.1) is 0 Å². The zero-order chi connectivity index (χ0) is 31.8. The Labute approximate surface area is 266 Å². The zero-order valence-electron chi connectivity index (χ0n) is 26.9. The first-order chi connectivity index (χ1) is 21.7. The minimum atomic E-state index is -0.831. The van der Waals surface area contributed by atoms with Gasteiger partial charge in [0, 0.05) is 38.1 Å². The monoisotopic (exact) mass is 618 g/mol. The highest BCUT2D eigenvalue weighted by molar-refractivity contribution is 5.89. The minimum absolute atomic E-state index is 0.123. The number of ether oxygens (including phenoxy) is 5. The summed E-state index contributed by atoms with van der Waals surface area (Å²) in [5.41, 5.74) is 1.37. The fourth-order valence-electron chi connectivity index (χ4n) is 5.51. The van der Waals surface area contributed by atoms with Gasteiger partial charge < -0.3 is 33.5 Å². The Bertz CT molecular complexity index is 1420. The van der Waals surface area contributed by atoms with Crippen LogP contribution in [0.2, 0.25) is 0 Å². The van der Waals surface area contributed by atoms with Crippen LogP contribution in [0.15, 0.2) is 66.7 Å². The number of benzene rings is 3. The van der Waals surface area contributed by atoms with E-state index in [9.17, 15) is 9.59 Å². The van der Waals surface area contributed by atoms with E-state index >= 15 is 0 Å². The molecule has 1 aliphatic heterocycles. The van der Waals surface area contributed by atoms with Crippen LogP contribution in [-0.2, 0) is 36.9 Å². The molecule has 1 aliphatic carbocycles. The summed E-state index contributed by atoms with van der Waals surface area (Å²) in [6, 6.07) is 22.3. The lowest BCUT2D eigenvalue weighted by Crippen LogP contribution is -2.57. The van der Waals surface area contributed by atoms with Crippen molar-refractivity contribution >= 4 is 22.8 Å². The molecule has 45 heavy (non-hydrogen) atoms. The lowest BCUT2D eigenvalue weighted by atomic mass is 10.0. The largest absolute Gasteiger partial charge is 0.493 e. The highest BCUT2D eigenvalue weighted by Gasteiger charge is 2.42. The molecule has 2 amide bonds. The van der Waals surface area contributed by atoms with Gasteiger partial charge in [0.15, 0.2) is 6.10 Å². The van der Waals surface area contributed by atoms with E-state index < -0.39 is 23.9 Å². The molecule has 3 aromatic rings. The van der Waals surface area contributed by atoms with E-state index in [0.29, 0.717) is 26.4 Å². The van der Waals surface area contributed by atoms with E-state index in [1.807, 2.05) is 74.2 Å². The summed E-state index contributed by atoms with van der Waals surface area (Å²) in [7, 11) is 1.68. The van der Waals surface area contributed by atoms with E-state index in [-0.39, 0.29) is 31.6 Å². The molecule has 242 valence electrons. The lowest BCUT2D eigenvalue weighted by molar-refractivity contribution is -0.163. The van der Waals surface area contributed by atoms with Crippen molar-refractivity contribution in [2.45, 2.75) is 77.0 Å². The van der Waals surface area contributed by atoms with Gasteiger partial charge in [0.1, 0.15) is 11.4 Å². The van der Waals surface area contributed by atoms with Crippen molar-refractivity contribution < 1.29 is 33.3 Å². The fraction of sp³-hybridized carbons (Fsp3) is 0.500. The number of carbonyl (C=O) groups excluding carboxylic acids is 2. The number of nitrogens with zero attached hydrogens (tertiary/aromatic N) is 2. The van der Waals surface area contributed by atoms with Gasteiger partial charge >= 0.3 is 6.09 Å². The normalized spacial score (nSPS) is 18.5. The van der Waals surface area contributed by atoms with Gasteiger partial charge in [-0.3, -0.25) is 4.79 Å². The number of morpholine rings is 1. The zero-order valence-corrected chi connectivity index (χ0v) is 26.9. The smallest absolute Gasteiger partial charge is 0.410 e. The van der Waals surface area contributed by atoms with Crippen molar-refractivity contribution in [3.05, 3.63) is 77.9 Å². The maximum absolute atomic E-state index is 14.2. The number of hydrogen-bond acceptors (Lipinski definition) is 7. The summed E-state index contributed by atoms with van der Waals surface area (Å²) < 4.78 is 29.4. The quantitative estimate of drug-likeness (QED) is 0.218. The summed E-state index contributed by atoms with van der Waals surface area (Å²) in [4.78, 5) is 30.9. The second-order valence-electron chi connectivity index (χ2n) is 12.8. The molecule has 1 saturated carbocycles. The Hall–Kier alpha value is -3.66. The van der Waals surface area contributed by atoms with Crippen molar-refractivity contribution in [3.8, 4) is 5.75 Å². The Morgan fingerprint density at radius 2 is 1.71 bits per heavy atom. The SMILES string of the molecule is COCCCOc1cc(CN(C(=O)[C@H]2CN(C(=O)OC(C)(C)C)C[C@@H](COCc3ccccc3)O2)C2CC2)cc2ccccc12. The predicted molar refractivity (Wildman–Crippen MR) is 172 cm³/mol. The fourth-order valence-corrected chi connectivity index (χ4v) is 5.51. The third-order valence-corrected chi connectivity index (χ3v) is 7.77. The highest BCUT2D eigenvalue weighted by Crippen LogP contribution is 2.33. The lowest BCUT2D eigenvalue weighted by Gasteiger charge is -2.39. The van der Waals surface area contributed by atoms with Gasteiger partial charge in [-0.1, -0.05) is 54.6 Å². The molecule has 2 fully saturated rings. The van der Waals surface area contributed by atoms with Crippen LogP contribution >= 0.6 is 0 Å². The van der Waals surface area contributed by atoms with Gasteiger partial charge in [0.05, 0.1) is 39.0 Å². The van der Waals surface area contributed by atoms with Crippen LogP contribution in [0.25, 0.3) is 10.8 Å². The molecule has 9 nitrogen and oxygen atoms in total. The van der Waals surface area contributed by atoms with Gasteiger partial charge in [-0.2, -0.15) is 0 Å². The Balaban J connectivity index is 1.32. The van der Waals surface area contributed by atoms with E-state index in [4.69, 9.17) is 23.7 Å². The number of methoxy groups -OCH3 is 1. The Kier molecular flexibility index (Phi) is 11.0. The molecule has 5 rings (SSSR count). The number of rotatable bonds is 13. The van der Waals surface area contributed by atoms with Crippen molar-refractivity contribution in [3.63, 3.8) is 0 Å². The first kappa shape index (κ1) is 32.7. The maximum atomic E-state index is 14.2. The number of amides is 2. The Morgan fingerprint density at radius 1 is 0.956 bits per heavy atom. The molecule has 0 unspecified atom stereocenters. The first-order valence-electron chi connectivity index (χ1n) is 15.9. The van der Waals surface area contributed by atoms with E-state index in [1.165, 1.54) is 0 Å². The molecule has 0 aromatic heterocycles. The summed E-state index contributed by atoms with van der Waals surface area (Å²) in [5.74, 6) is 0.664. The molecule has 0 bridgehead atoms. The second-order valence-corrected chi connectivity index (χ2v) is 12.8. The topological polar surface area (TPSA) is 86.8 Å². The van der Waals surface area contributed by atoms with Gasteiger partial charge in [0.25, 0.3) is 5.91 Å². The molecular formula is C36H46N2O7. The molecule has 2 aliphatic rings. The molecular weight excluding hydrogens is 572 g/mol. The average Bonchev–Trinajstić information content (AvgIpc) is 3.87. The molecule has 0 spiro atoms. The highest BCUT2D eigenvalue weighted by atomic mass is 16.6. The van der Waals surface area contributed by atoms with Crippen LogP contribution < -0.4 is 4.74 Å². The number of hydrogen-bond donors (Lipinski definition) is 0. The summed E-state index contributed by atoms with van der Waals surface area (Å²) in [5, 5.41) is 2.09. The molecule has 2 atom stereocenters. The third kappa shape index (κ3) is 9.42. The summed E-state index contributed by atoms with van der Waals surface area (Å²) in [6.07, 6.45) is 0.891. The molecule has 1 heterocycles. The standard InChI is InChI=1S/C36H46N2O7/c1-36(2,3)45-35(40)37-22-30(25-42-24-26-11-6-5-7-12-26)44-33(23-37)34(39)38(29-15-16-29)21-27-19-28-13-8-9-14-31(28)32(20-27)43-18-10-17-41-4/h5-9,11-14,19-20,29-30,33H,10,15-18,21-25H2,1-4H3/t30-,33+/m0/s1. The Morgan fingerprint density at radius 3 is 2.44 bits per heavy atom. The van der Waals surface area contributed by atoms with Gasteiger partial charge in [-0.25, -0.2) is 4.79 Å². The van der Waals surface area contributed by atoms with E-state index in [2.05, 4.69) is 18.2 Å². The summed E-state index contributed by atoms with van der Waals surface area (Å²) >= 11 is 0. The molecule has 3 aromatic carbocycles. The van der Waals surface area contributed by atoms with Crippen molar-refractivity contribution in [2.24, 2.45) is 0 Å². The van der Waals surface area contributed by atoms with Crippen LogP contribution in [0.3, 0.4) is 0 Å². The first-order valence-corrected chi connectivity index (χ1v) is 15.9. The minimum Gasteiger partial charge on any atom is -0.493 e. The van der Waals surface area contributed by atoms with E-state index in [0.717, 1.165) is 46.9 Å². The maximum Gasteiger partial charge on any atom is 0.410 e. The van der Waals surface area contributed by atoms with Crippen LogP contribution in [0.5, 0.6) is 5.75 Å². The molecule has 1 saturated heterocycles. The molecule has 0 N–H and O–H groups in total. The average molecular weight is 619 g/mol. The van der Waals surface area contributed by atoms with Gasteiger partial charge in [-0.05, 0) is 62.3 Å². The molecule has 9 heteroatoms. The number of carbonyl (C=O) groups is 2. The van der Waals surface area contributed by atoms with E-state index in [1.54, 1.807) is 12.0 Å².